The van der Waals surface area contributed by atoms with E-state index in [0.717, 1.165) is 10.9 Å². The van der Waals surface area contributed by atoms with Crippen molar-refractivity contribution in [2.45, 2.75) is 11.3 Å². The molecule has 2 aliphatic rings. The number of hydrogen-bond acceptors (Lipinski definition) is 5. The summed E-state index contributed by atoms with van der Waals surface area (Å²) in [5.74, 6) is 0.724. The van der Waals surface area contributed by atoms with Crippen LogP contribution in [0.15, 0.2) is 80.6 Å². The number of nitrogens with zero attached hydrogens (tertiary/aromatic N) is 4. The van der Waals surface area contributed by atoms with Crippen LogP contribution in [0.2, 0.25) is 0 Å². The summed E-state index contributed by atoms with van der Waals surface area (Å²) in [4.78, 5) is 17.2. The molecule has 0 amide bonds. The van der Waals surface area contributed by atoms with Gasteiger partial charge in [0.25, 0.3) is 0 Å². The fourth-order valence-electron chi connectivity index (χ4n) is 2.59. The normalized spacial score (nSPS) is 18.7. The molecule has 2 heterocycles. The summed E-state index contributed by atoms with van der Waals surface area (Å²) < 4.78 is 0. The van der Waals surface area contributed by atoms with Crippen molar-refractivity contribution in [1.29, 1.82) is 0 Å². The molecule has 5 heteroatoms. The smallest absolute Gasteiger partial charge is 0.163 e. The minimum atomic E-state index is -0.153. The van der Waals surface area contributed by atoms with Crippen molar-refractivity contribution < 1.29 is 0 Å². The van der Waals surface area contributed by atoms with E-state index >= 15 is 0 Å². The van der Waals surface area contributed by atoms with Crippen LogP contribution in [-0.2, 0) is 0 Å². The van der Waals surface area contributed by atoms with Crippen LogP contribution in [0.1, 0.15) is 16.4 Å². The van der Waals surface area contributed by atoms with Gasteiger partial charge in [-0.1, -0.05) is 72.4 Å². The average Bonchev–Trinajstić information content (AvgIpc) is 3.11. The van der Waals surface area contributed by atoms with E-state index in [0.29, 0.717) is 0 Å². The van der Waals surface area contributed by atoms with Gasteiger partial charge in [-0.25, -0.2) is 15.0 Å². The molecule has 0 saturated heterocycles. The SMILES string of the molecule is C1=NC2=NC=NC2C(SC(c2ccccc2)c2ccccc2)=N1. The number of hydrogen-bond donors (Lipinski definition) is 0. The molecule has 0 bridgehead atoms. The molecule has 2 aliphatic heterocycles. The average molecular weight is 318 g/mol. The van der Waals surface area contributed by atoms with Crippen LogP contribution in [0.3, 0.4) is 0 Å². The fraction of sp³-hybridized carbons (Fsp3) is 0.111. The monoisotopic (exact) mass is 318 g/mol. The van der Waals surface area contributed by atoms with Gasteiger partial charge in [0.15, 0.2) is 11.9 Å². The van der Waals surface area contributed by atoms with Crippen molar-refractivity contribution in [3.05, 3.63) is 71.8 Å². The van der Waals surface area contributed by atoms with Crippen molar-refractivity contribution in [3.63, 3.8) is 0 Å². The molecule has 1 atom stereocenters. The lowest BCUT2D eigenvalue weighted by Crippen LogP contribution is -2.26. The quantitative estimate of drug-likeness (QED) is 0.850. The topological polar surface area (TPSA) is 49.4 Å². The number of amidine groups is 1. The maximum atomic E-state index is 4.46. The van der Waals surface area contributed by atoms with E-state index < -0.39 is 0 Å². The Kier molecular flexibility index (Phi) is 3.86. The summed E-state index contributed by atoms with van der Waals surface area (Å²) in [5.41, 5.74) is 2.49. The molecule has 0 aliphatic carbocycles. The lowest BCUT2D eigenvalue weighted by atomic mass is 10.0. The van der Waals surface area contributed by atoms with E-state index in [1.807, 2.05) is 12.1 Å². The highest BCUT2D eigenvalue weighted by Gasteiger charge is 2.29. The molecule has 4 nitrogen and oxygen atoms in total. The zero-order valence-electron chi connectivity index (χ0n) is 12.3. The zero-order valence-corrected chi connectivity index (χ0v) is 13.1. The van der Waals surface area contributed by atoms with Crippen molar-refractivity contribution >= 4 is 35.3 Å². The molecule has 4 rings (SSSR count). The summed E-state index contributed by atoms with van der Waals surface area (Å²) in [7, 11) is 0. The number of rotatable bonds is 3. The molecule has 0 radical (unpaired) electrons. The van der Waals surface area contributed by atoms with Gasteiger partial charge in [-0.05, 0) is 11.1 Å². The third-order valence-corrected chi connectivity index (χ3v) is 5.05. The molecule has 112 valence electrons. The summed E-state index contributed by atoms with van der Waals surface area (Å²) in [6, 6.07) is 20.8. The van der Waals surface area contributed by atoms with Crippen molar-refractivity contribution in [2.24, 2.45) is 20.0 Å². The van der Waals surface area contributed by atoms with Crippen LogP contribution in [0.25, 0.3) is 0 Å². The maximum Gasteiger partial charge on any atom is 0.163 e. The van der Waals surface area contributed by atoms with E-state index in [1.165, 1.54) is 11.1 Å². The lowest BCUT2D eigenvalue weighted by molar-refractivity contribution is 1.14. The summed E-state index contributed by atoms with van der Waals surface area (Å²) >= 11 is 1.71. The standard InChI is InChI=1S/C18H14N4S/c1-3-7-13(8-4-1)16(14-9-5-2-6-10-14)23-18-15-17(20-11-19-15)21-12-22-18/h1-12,15-16H. The van der Waals surface area contributed by atoms with Gasteiger partial charge in [-0.2, -0.15) is 0 Å². The van der Waals surface area contributed by atoms with Crippen molar-refractivity contribution in [2.75, 3.05) is 0 Å². The molecule has 0 saturated carbocycles. The van der Waals surface area contributed by atoms with Crippen LogP contribution < -0.4 is 0 Å². The first kappa shape index (κ1) is 14.1. The second-order valence-electron chi connectivity index (χ2n) is 5.19. The van der Waals surface area contributed by atoms with E-state index in [-0.39, 0.29) is 11.3 Å². The van der Waals surface area contributed by atoms with E-state index in [1.54, 1.807) is 24.4 Å². The minimum absolute atomic E-state index is 0.153. The fourth-order valence-corrected chi connectivity index (χ4v) is 3.82. The maximum absolute atomic E-state index is 4.46. The van der Waals surface area contributed by atoms with E-state index in [2.05, 4.69) is 68.5 Å². The molecule has 0 fully saturated rings. The van der Waals surface area contributed by atoms with Crippen LogP contribution in [-0.4, -0.2) is 29.6 Å². The molecular formula is C18H14N4S. The highest BCUT2D eigenvalue weighted by molar-refractivity contribution is 8.14. The van der Waals surface area contributed by atoms with Gasteiger partial charge in [0, 0.05) is 0 Å². The Morgan fingerprint density at radius 1 is 0.783 bits per heavy atom. The Labute approximate surface area is 138 Å². The molecule has 2 aromatic carbocycles. The molecule has 0 aromatic heterocycles. The van der Waals surface area contributed by atoms with E-state index in [4.69, 9.17) is 0 Å². The number of benzene rings is 2. The van der Waals surface area contributed by atoms with Gasteiger partial charge in [0.05, 0.1) is 5.25 Å². The minimum Gasteiger partial charge on any atom is -0.255 e. The van der Waals surface area contributed by atoms with Crippen molar-refractivity contribution in [1.82, 2.24) is 0 Å². The van der Waals surface area contributed by atoms with E-state index in [9.17, 15) is 0 Å². The largest absolute Gasteiger partial charge is 0.255 e. The summed E-state index contributed by atoms with van der Waals surface area (Å²) in [6.07, 6.45) is 3.14. The number of aliphatic imine (C=N–C) groups is 4. The van der Waals surface area contributed by atoms with Gasteiger partial charge in [-0.15, -0.1) is 0 Å². The molecule has 2 aromatic rings. The number of thioether (sulfide) groups is 1. The van der Waals surface area contributed by atoms with Gasteiger partial charge in [0.1, 0.15) is 17.7 Å². The predicted molar refractivity (Wildman–Crippen MR) is 98.0 cm³/mol. The van der Waals surface area contributed by atoms with Gasteiger partial charge in [0.2, 0.25) is 0 Å². The lowest BCUT2D eigenvalue weighted by Gasteiger charge is -2.21. The Morgan fingerprint density at radius 2 is 1.43 bits per heavy atom. The van der Waals surface area contributed by atoms with Crippen LogP contribution in [0, 0.1) is 0 Å². The molecule has 0 spiro atoms. The van der Waals surface area contributed by atoms with Crippen molar-refractivity contribution in [3.8, 4) is 0 Å². The highest BCUT2D eigenvalue weighted by Crippen LogP contribution is 2.38. The summed E-state index contributed by atoms with van der Waals surface area (Å²) in [6.45, 7) is 0. The van der Waals surface area contributed by atoms with Gasteiger partial charge < -0.3 is 0 Å². The molecular weight excluding hydrogens is 304 g/mol. The molecule has 23 heavy (non-hydrogen) atoms. The van der Waals surface area contributed by atoms with Crippen LogP contribution in [0.5, 0.6) is 0 Å². The van der Waals surface area contributed by atoms with Crippen LogP contribution >= 0.6 is 11.8 Å². The number of fused-ring (bicyclic) bond motifs is 1. The molecule has 0 N–H and O–H groups in total. The Morgan fingerprint density at radius 3 is 2.09 bits per heavy atom. The third kappa shape index (κ3) is 2.87. The second-order valence-corrected chi connectivity index (χ2v) is 6.31. The first-order valence-corrected chi connectivity index (χ1v) is 8.26. The zero-order chi connectivity index (χ0) is 15.5. The Bertz CT molecular complexity index is 770. The first-order valence-electron chi connectivity index (χ1n) is 7.38. The van der Waals surface area contributed by atoms with Crippen LogP contribution in [0.4, 0.5) is 0 Å². The predicted octanol–water partition coefficient (Wildman–Crippen LogP) is 3.76. The molecule has 1 unspecified atom stereocenters. The highest BCUT2D eigenvalue weighted by atomic mass is 32.2. The Balaban J connectivity index is 1.69. The first-order chi connectivity index (χ1) is 11.4. The summed E-state index contributed by atoms with van der Waals surface area (Å²) in [5, 5.41) is 1.10. The Hall–Kier alpha value is -2.53. The third-order valence-electron chi connectivity index (χ3n) is 3.70. The van der Waals surface area contributed by atoms with Gasteiger partial charge in [-0.3, -0.25) is 4.99 Å². The van der Waals surface area contributed by atoms with Gasteiger partial charge >= 0.3 is 0 Å². The second kappa shape index (κ2) is 6.30.